The second-order valence-corrected chi connectivity index (χ2v) is 4.51. The summed E-state index contributed by atoms with van der Waals surface area (Å²) in [5.41, 5.74) is 4.67. The first kappa shape index (κ1) is 13.9. The van der Waals surface area contributed by atoms with E-state index in [0.29, 0.717) is 0 Å². The van der Waals surface area contributed by atoms with Gasteiger partial charge in [0, 0.05) is 21.9 Å². The molecule has 0 bridgehead atoms. The van der Waals surface area contributed by atoms with Crippen LogP contribution < -0.4 is 0 Å². The van der Waals surface area contributed by atoms with Crippen molar-refractivity contribution in [2.75, 3.05) is 0 Å². The molecule has 1 nitrogen and oxygen atoms in total. The molecule has 0 aliphatic rings. The Morgan fingerprint density at radius 1 is 0.941 bits per heavy atom. The third-order valence-electron chi connectivity index (χ3n) is 2.40. The van der Waals surface area contributed by atoms with E-state index in [1.165, 1.54) is 11.1 Å². The number of halogens is 1. The summed E-state index contributed by atoms with van der Waals surface area (Å²) in [7, 11) is 0. The van der Waals surface area contributed by atoms with E-state index in [1.807, 2.05) is 33.0 Å². The fourth-order valence-corrected chi connectivity index (χ4v) is 1.71. The monoisotopic (exact) mass is 291 g/mol. The van der Waals surface area contributed by atoms with Crippen LogP contribution in [-0.4, -0.2) is 4.98 Å². The maximum Gasteiger partial charge on any atom is 0.0373 e. The molecule has 17 heavy (non-hydrogen) atoms. The van der Waals surface area contributed by atoms with Gasteiger partial charge in [-0.05, 0) is 37.1 Å². The highest BCUT2D eigenvalue weighted by Gasteiger charge is 2.00. The molecule has 2 aromatic rings. The van der Waals surface area contributed by atoms with Crippen LogP contribution in [0.3, 0.4) is 0 Å². The third-order valence-corrected chi connectivity index (χ3v) is 3.29. The van der Waals surface area contributed by atoms with Gasteiger partial charge in [-0.1, -0.05) is 48.0 Å². The highest BCUT2D eigenvalue weighted by Crippen LogP contribution is 2.24. The summed E-state index contributed by atoms with van der Waals surface area (Å²) in [5.74, 6) is 0. The summed E-state index contributed by atoms with van der Waals surface area (Å²) in [6.45, 7) is 8.09. The van der Waals surface area contributed by atoms with Gasteiger partial charge in [0.25, 0.3) is 0 Å². The van der Waals surface area contributed by atoms with Crippen LogP contribution in [0.5, 0.6) is 0 Å². The molecular weight excluding hydrogens is 274 g/mol. The van der Waals surface area contributed by atoms with E-state index in [2.05, 4.69) is 52.1 Å². The molecule has 1 aromatic carbocycles. The van der Waals surface area contributed by atoms with Gasteiger partial charge >= 0.3 is 0 Å². The van der Waals surface area contributed by atoms with Crippen LogP contribution in [-0.2, 0) is 0 Å². The van der Waals surface area contributed by atoms with Crippen molar-refractivity contribution in [3.05, 3.63) is 52.3 Å². The quantitative estimate of drug-likeness (QED) is 0.708. The number of rotatable bonds is 1. The Morgan fingerprint density at radius 3 is 2.12 bits per heavy atom. The van der Waals surface area contributed by atoms with Gasteiger partial charge in [0.15, 0.2) is 0 Å². The molecule has 0 aliphatic carbocycles. The molecule has 0 saturated carbocycles. The Hall–Kier alpha value is -1.15. The molecular formula is C15H18BrN. The van der Waals surface area contributed by atoms with Gasteiger partial charge in [0.05, 0.1) is 0 Å². The van der Waals surface area contributed by atoms with Crippen molar-refractivity contribution in [3.8, 4) is 11.1 Å². The van der Waals surface area contributed by atoms with Gasteiger partial charge in [0.1, 0.15) is 0 Å². The van der Waals surface area contributed by atoms with Crippen molar-refractivity contribution in [2.45, 2.75) is 27.7 Å². The summed E-state index contributed by atoms with van der Waals surface area (Å²) in [4.78, 5) is 4.30. The van der Waals surface area contributed by atoms with E-state index in [4.69, 9.17) is 0 Å². The second-order valence-electron chi connectivity index (χ2n) is 3.65. The molecule has 0 atom stereocenters. The predicted molar refractivity (Wildman–Crippen MR) is 78.2 cm³/mol. The Balaban J connectivity index is 0.000000686. The average Bonchev–Trinajstić information content (AvgIpc) is 2.36. The van der Waals surface area contributed by atoms with E-state index < -0.39 is 0 Å². The molecule has 0 unspecified atom stereocenters. The highest BCUT2D eigenvalue weighted by molar-refractivity contribution is 9.10. The lowest BCUT2D eigenvalue weighted by atomic mass is 10.1. The average molecular weight is 292 g/mol. The molecule has 2 heteroatoms. The Labute approximate surface area is 112 Å². The fourth-order valence-electron chi connectivity index (χ4n) is 1.46. The standard InChI is InChI=1S/C13H12BrN.C2H6/c1-9-7-11(5-6-13(9)14)12-4-3-10(2)15-8-12;1-2/h3-8H,1-2H3;1-2H3. The number of aromatic nitrogens is 1. The Kier molecular flexibility index (Phi) is 5.36. The molecule has 0 spiro atoms. The smallest absolute Gasteiger partial charge is 0.0373 e. The van der Waals surface area contributed by atoms with Gasteiger partial charge in [-0.15, -0.1) is 0 Å². The van der Waals surface area contributed by atoms with Gasteiger partial charge in [0.2, 0.25) is 0 Å². The van der Waals surface area contributed by atoms with Crippen molar-refractivity contribution in [1.29, 1.82) is 0 Å². The highest BCUT2D eigenvalue weighted by atomic mass is 79.9. The first-order valence-corrected chi connectivity index (χ1v) is 6.65. The molecule has 0 aliphatic heterocycles. The summed E-state index contributed by atoms with van der Waals surface area (Å²) >= 11 is 3.50. The third kappa shape index (κ3) is 3.67. The van der Waals surface area contributed by atoms with Crippen LogP contribution in [0.4, 0.5) is 0 Å². The summed E-state index contributed by atoms with van der Waals surface area (Å²) < 4.78 is 1.14. The molecule has 1 heterocycles. The van der Waals surface area contributed by atoms with E-state index in [1.54, 1.807) is 0 Å². The Bertz CT molecular complexity index is 475. The normalized spacial score (nSPS) is 9.47. The SMILES string of the molecule is CC.Cc1ccc(-c2ccc(Br)c(C)c2)cn1. The fraction of sp³-hybridized carbons (Fsp3) is 0.267. The lowest BCUT2D eigenvalue weighted by Crippen LogP contribution is -1.84. The minimum Gasteiger partial charge on any atom is -0.261 e. The van der Waals surface area contributed by atoms with Crippen molar-refractivity contribution < 1.29 is 0 Å². The zero-order valence-electron chi connectivity index (χ0n) is 10.8. The number of hydrogen-bond acceptors (Lipinski definition) is 1. The number of nitrogens with zero attached hydrogens (tertiary/aromatic N) is 1. The van der Waals surface area contributed by atoms with Gasteiger partial charge < -0.3 is 0 Å². The largest absolute Gasteiger partial charge is 0.261 e. The molecule has 0 saturated heterocycles. The maximum atomic E-state index is 4.30. The van der Waals surface area contributed by atoms with Crippen molar-refractivity contribution in [2.24, 2.45) is 0 Å². The van der Waals surface area contributed by atoms with Crippen molar-refractivity contribution in [3.63, 3.8) is 0 Å². The van der Waals surface area contributed by atoms with Crippen LogP contribution in [0, 0.1) is 13.8 Å². The summed E-state index contributed by atoms with van der Waals surface area (Å²) in [5, 5.41) is 0. The maximum absolute atomic E-state index is 4.30. The van der Waals surface area contributed by atoms with Crippen molar-refractivity contribution in [1.82, 2.24) is 4.98 Å². The lowest BCUT2D eigenvalue weighted by molar-refractivity contribution is 1.20. The minimum atomic E-state index is 1.05. The molecule has 0 N–H and O–H groups in total. The molecule has 2 rings (SSSR count). The van der Waals surface area contributed by atoms with E-state index in [-0.39, 0.29) is 0 Å². The van der Waals surface area contributed by atoms with Crippen LogP contribution in [0.2, 0.25) is 0 Å². The number of aryl methyl sites for hydroxylation is 2. The zero-order chi connectivity index (χ0) is 12.8. The van der Waals surface area contributed by atoms with Crippen LogP contribution >= 0.6 is 15.9 Å². The molecule has 1 aromatic heterocycles. The second kappa shape index (κ2) is 6.55. The van der Waals surface area contributed by atoms with Crippen LogP contribution in [0.15, 0.2) is 41.0 Å². The molecule has 0 amide bonds. The summed E-state index contributed by atoms with van der Waals surface area (Å²) in [6, 6.07) is 10.5. The number of pyridine rings is 1. The van der Waals surface area contributed by atoms with Gasteiger partial charge in [-0.3, -0.25) is 4.98 Å². The van der Waals surface area contributed by atoms with Gasteiger partial charge in [-0.2, -0.15) is 0 Å². The zero-order valence-corrected chi connectivity index (χ0v) is 12.4. The molecule has 90 valence electrons. The first-order chi connectivity index (χ1) is 8.16. The predicted octanol–water partition coefficient (Wildman–Crippen LogP) is 5.15. The van der Waals surface area contributed by atoms with E-state index in [0.717, 1.165) is 15.7 Å². The topological polar surface area (TPSA) is 12.9 Å². The van der Waals surface area contributed by atoms with E-state index >= 15 is 0 Å². The van der Waals surface area contributed by atoms with Crippen molar-refractivity contribution >= 4 is 15.9 Å². The van der Waals surface area contributed by atoms with Crippen LogP contribution in [0.1, 0.15) is 25.1 Å². The summed E-state index contributed by atoms with van der Waals surface area (Å²) in [6.07, 6.45) is 1.91. The van der Waals surface area contributed by atoms with E-state index in [9.17, 15) is 0 Å². The lowest BCUT2D eigenvalue weighted by Gasteiger charge is -2.04. The Morgan fingerprint density at radius 2 is 1.59 bits per heavy atom. The van der Waals surface area contributed by atoms with Crippen LogP contribution in [0.25, 0.3) is 11.1 Å². The number of hydrogen-bond donors (Lipinski definition) is 0. The number of benzene rings is 1. The molecule has 0 fully saturated rings. The molecule has 0 radical (unpaired) electrons. The first-order valence-electron chi connectivity index (χ1n) is 5.86. The minimum absolute atomic E-state index is 1.05. The van der Waals surface area contributed by atoms with Gasteiger partial charge in [-0.25, -0.2) is 0 Å².